The second kappa shape index (κ2) is 10.8. The fourth-order valence-corrected chi connectivity index (χ4v) is 3.78. The van der Waals surface area contributed by atoms with Gasteiger partial charge in [0.1, 0.15) is 0 Å². The number of halogens is 2. The van der Waals surface area contributed by atoms with Gasteiger partial charge in [-0.25, -0.2) is 0 Å². The highest BCUT2D eigenvalue weighted by Gasteiger charge is 2.09. The van der Waals surface area contributed by atoms with Crippen LogP contribution in [0.1, 0.15) is 24.1 Å². The first-order valence-corrected chi connectivity index (χ1v) is 8.80. The summed E-state index contributed by atoms with van der Waals surface area (Å²) >= 11 is 5.23. The summed E-state index contributed by atoms with van der Waals surface area (Å²) in [6, 6.07) is 4.21. The van der Waals surface area contributed by atoms with E-state index >= 15 is 0 Å². The van der Waals surface area contributed by atoms with E-state index in [9.17, 15) is 0 Å². The van der Waals surface area contributed by atoms with E-state index in [1.54, 1.807) is 11.3 Å². The Morgan fingerprint density at radius 1 is 1.29 bits per heavy atom. The van der Waals surface area contributed by atoms with Gasteiger partial charge in [0.05, 0.1) is 10.3 Å². The lowest BCUT2D eigenvalue weighted by Crippen LogP contribution is -2.42. The number of piperidine rings is 1. The number of guanidine groups is 1. The predicted octanol–water partition coefficient (Wildman–Crippen LogP) is 3.28. The molecule has 0 amide bonds. The number of hydrogen-bond donors (Lipinski definition) is 2. The lowest BCUT2D eigenvalue weighted by molar-refractivity contribution is 0.232. The maximum absolute atomic E-state index is 4.26. The zero-order chi connectivity index (χ0) is 14.2. The Morgan fingerprint density at radius 2 is 2.05 bits per heavy atom. The smallest absolute Gasteiger partial charge is 0.191 e. The molecule has 0 aromatic carbocycles. The Kier molecular flexibility index (Phi) is 9.87. The largest absolute Gasteiger partial charge is 0.355 e. The van der Waals surface area contributed by atoms with Gasteiger partial charge in [-0.1, -0.05) is 6.42 Å². The molecule has 7 heteroatoms. The molecule has 1 aliphatic heterocycles. The standard InChI is InChI=1S/C14H23BrN4S.HI/c1-16-14(18-11-12-5-6-13(15)20-12)17-7-10-19-8-3-2-4-9-19;/h5-6H,2-4,7-11H2,1H3,(H2,16,17,18);1H. The average molecular weight is 487 g/mol. The summed E-state index contributed by atoms with van der Waals surface area (Å²) in [5.74, 6) is 0.881. The van der Waals surface area contributed by atoms with Gasteiger partial charge >= 0.3 is 0 Å². The summed E-state index contributed by atoms with van der Waals surface area (Å²) in [5, 5.41) is 6.73. The van der Waals surface area contributed by atoms with Gasteiger partial charge in [0.2, 0.25) is 0 Å². The quantitative estimate of drug-likeness (QED) is 0.381. The predicted molar refractivity (Wildman–Crippen MR) is 106 cm³/mol. The number of nitrogens with one attached hydrogen (secondary N) is 2. The minimum atomic E-state index is 0. The normalized spacial score (nSPS) is 16.4. The van der Waals surface area contributed by atoms with Gasteiger partial charge in [-0.15, -0.1) is 35.3 Å². The van der Waals surface area contributed by atoms with Crippen molar-refractivity contribution >= 4 is 57.2 Å². The Morgan fingerprint density at radius 3 is 2.67 bits per heavy atom. The molecule has 1 fully saturated rings. The van der Waals surface area contributed by atoms with Gasteiger partial charge in [0.15, 0.2) is 5.96 Å². The van der Waals surface area contributed by atoms with Gasteiger partial charge in [0, 0.05) is 25.0 Å². The van der Waals surface area contributed by atoms with E-state index in [2.05, 4.69) is 48.6 Å². The molecule has 0 bridgehead atoms. The van der Waals surface area contributed by atoms with Crippen LogP contribution in [0.4, 0.5) is 0 Å². The van der Waals surface area contributed by atoms with Gasteiger partial charge < -0.3 is 15.5 Å². The van der Waals surface area contributed by atoms with E-state index < -0.39 is 0 Å². The molecule has 4 nitrogen and oxygen atoms in total. The third-order valence-electron chi connectivity index (χ3n) is 3.45. The summed E-state index contributed by atoms with van der Waals surface area (Å²) in [6.07, 6.45) is 4.09. The molecule has 1 aromatic rings. The minimum absolute atomic E-state index is 0. The van der Waals surface area contributed by atoms with E-state index in [0.29, 0.717) is 0 Å². The van der Waals surface area contributed by atoms with Crippen LogP contribution in [0.3, 0.4) is 0 Å². The zero-order valence-corrected chi connectivity index (χ0v) is 17.1. The van der Waals surface area contributed by atoms with Crippen LogP contribution in [0.5, 0.6) is 0 Å². The zero-order valence-electron chi connectivity index (χ0n) is 12.4. The molecule has 2 heterocycles. The van der Waals surface area contributed by atoms with Crippen molar-refractivity contribution in [2.24, 2.45) is 4.99 Å². The van der Waals surface area contributed by atoms with Crippen LogP contribution in [0.2, 0.25) is 0 Å². The van der Waals surface area contributed by atoms with Crippen LogP contribution in [0.15, 0.2) is 20.9 Å². The number of aliphatic imine (C=N–C) groups is 1. The highest BCUT2D eigenvalue weighted by molar-refractivity contribution is 14.0. The molecule has 2 N–H and O–H groups in total. The molecule has 0 spiro atoms. The van der Waals surface area contributed by atoms with Crippen molar-refractivity contribution in [2.45, 2.75) is 25.8 Å². The molecular formula is C14H24BrIN4S. The average Bonchev–Trinajstić information content (AvgIpc) is 2.89. The van der Waals surface area contributed by atoms with E-state index in [4.69, 9.17) is 0 Å². The fourth-order valence-electron chi connectivity index (χ4n) is 2.35. The number of hydrogen-bond acceptors (Lipinski definition) is 3. The van der Waals surface area contributed by atoms with Crippen molar-refractivity contribution in [3.8, 4) is 0 Å². The fraction of sp³-hybridized carbons (Fsp3) is 0.643. The third kappa shape index (κ3) is 7.30. The van der Waals surface area contributed by atoms with Crippen molar-refractivity contribution in [2.75, 3.05) is 33.2 Å². The van der Waals surface area contributed by atoms with E-state index in [1.807, 2.05) is 7.05 Å². The van der Waals surface area contributed by atoms with Gasteiger partial charge in [-0.05, 0) is 54.0 Å². The molecule has 1 aliphatic rings. The number of likely N-dealkylation sites (tertiary alicyclic amines) is 1. The molecule has 0 atom stereocenters. The Bertz CT molecular complexity index is 432. The van der Waals surface area contributed by atoms with Crippen LogP contribution >= 0.6 is 51.2 Å². The summed E-state index contributed by atoms with van der Waals surface area (Å²) < 4.78 is 1.17. The van der Waals surface area contributed by atoms with Crippen LogP contribution in [0.25, 0.3) is 0 Å². The summed E-state index contributed by atoms with van der Waals surface area (Å²) in [7, 11) is 1.82. The number of thiophene rings is 1. The second-order valence-electron chi connectivity index (χ2n) is 4.96. The monoisotopic (exact) mass is 486 g/mol. The molecule has 0 aliphatic carbocycles. The molecule has 1 aromatic heterocycles. The van der Waals surface area contributed by atoms with Crippen LogP contribution in [-0.4, -0.2) is 44.1 Å². The molecule has 2 rings (SSSR count). The Hall–Kier alpha value is 0.140. The SMILES string of the molecule is CN=C(NCCN1CCCCC1)NCc1ccc(Br)s1.I. The molecular weight excluding hydrogens is 463 g/mol. The van der Waals surface area contributed by atoms with Crippen LogP contribution < -0.4 is 10.6 Å². The van der Waals surface area contributed by atoms with E-state index in [-0.39, 0.29) is 24.0 Å². The van der Waals surface area contributed by atoms with Crippen molar-refractivity contribution in [1.29, 1.82) is 0 Å². The van der Waals surface area contributed by atoms with Crippen molar-refractivity contribution in [1.82, 2.24) is 15.5 Å². The van der Waals surface area contributed by atoms with Crippen molar-refractivity contribution in [3.05, 3.63) is 20.8 Å². The lowest BCUT2D eigenvalue weighted by Gasteiger charge is -2.26. The maximum atomic E-state index is 4.26. The molecule has 120 valence electrons. The van der Waals surface area contributed by atoms with Gasteiger partial charge in [-0.2, -0.15) is 0 Å². The Labute approximate surface area is 156 Å². The van der Waals surface area contributed by atoms with Gasteiger partial charge in [0.25, 0.3) is 0 Å². The maximum Gasteiger partial charge on any atom is 0.191 e. The highest BCUT2D eigenvalue weighted by atomic mass is 127. The van der Waals surface area contributed by atoms with Gasteiger partial charge in [-0.3, -0.25) is 4.99 Å². The minimum Gasteiger partial charge on any atom is -0.355 e. The highest BCUT2D eigenvalue weighted by Crippen LogP contribution is 2.21. The molecule has 0 saturated carbocycles. The Balaban J connectivity index is 0.00000220. The van der Waals surface area contributed by atoms with Crippen LogP contribution in [0, 0.1) is 0 Å². The number of nitrogens with zero attached hydrogens (tertiary/aromatic N) is 2. The summed E-state index contributed by atoms with van der Waals surface area (Å²) in [5.41, 5.74) is 0. The first kappa shape index (κ1) is 19.2. The first-order chi connectivity index (χ1) is 9.78. The number of rotatable bonds is 5. The van der Waals surface area contributed by atoms with Crippen molar-refractivity contribution in [3.63, 3.8) is 0 Å². The van der Waals surface area contributed by atoms with Crippen molar-refractivity contribution < 1.29 is 0 Å². The molecule has 0 unspecified atom stereocenters. The summed E-state index contributed by atoms with van der Waals surface area (Å²) in [4.78, 5) is 8.09. The molecule has 1 saturated heterocycles. The summed E-state index contributed by atoms with van der Waals surface area (Å²) in [6.45, 7) is 5.37. The second-order valence-corrected chi connectivity index (χ2v) is 7.51. The molecule has 0 radical (unpaired) electrons. The molecule has 21 heavy (non-hydrogen) atoms. The third-order valence-corrected chi connectivity index (χ3v) is 5.08. The topological polar surface area (TPSA) is 39.7 Å². The first-order valence-electron chi connectivity index (χ1n) is 7.19. The van der Waals surface area contributed by atoms with E-state index in [1.165, 1.54) is 41.0 Å². The lowest BCUT2D eigenvalue weighted by atomic mass is 10.1. The van der Waals surface area contributed by atoms with E-state index in [0.717, 1.165) is 25.6 Å². The van der Waals surface area contributed by atoms with Crippen LogP contribution in [-0.2, 0) is 6.54 Å².